The Bertz CT molecular complexity index is 831. The fraction of sp³-hybridized carbons (Fsp3) is 0.375. The summed E-state index contributed by atoms with van der Waals surface area (Å²) < 4.78 is 40.1. The minimum atomic E-state index is -4.56. The summed E-state index contributed by atoms with van der Waals surface area (Å²) in [6.45, 7) is 3.31. The molecule has 1 heterocycles. The number of aryl methyl sites for hydroxylation is 2. The second-order valence-corrected chi connectivity index (χ2v) is 5.69. The summed E-state index contributed by atoms with van der Waals surface area (Å²) in [6, 6.07) is 4.73. The first kappa shape index (κ1) is 19.4. The van der Waals surface area contributed by atoms with Crippen LogP contribution in [0.15, 0.2) is 24.3 Å². The zero-order valence-electron chi connectivity index (χ0n) is 14.1. The van der Waals surface area contributed by atoms with Crippen LogP contribution < -0.4 is 5.32 Å². The molecule has 1 aromatic heterocycles. The summed E-state index contributed by atoms with van der Waals surface area (Å²) in [6.07, 6.45) is -4.33. The fourth-order valence-corrected chi connectivity index (χ4v) is 2.61. The standard InChI is InChI=1S/C16H17F3N4O3/c1-10-15(23(25)26)11(2)22(21-10)9-5-8-14(24)20-13-7-4-3-6-12(13)16(17,18)19/h3-4,6-7H,5,8-9H2,1-2H3,(H,20,24). The molecule has 0 spiro atoms. The molecule has 140 valence electrons. The van der Waals surface area contributed by atoms with Crippen molar-refractivity contribution in [1.29, 1.82) is 0 Å². The zero-order chi connectivity index (χ0) is 19.5. The van der Waals surface area contributed by atoms with Gasteiger partial charge in [0.15, 0.2) is 0 Å². The van der Waals surface area contributed by atoms with Crippen LogP contribution in [0.5, 0.6) is 0 Å². The van der Waals surface area contributed by atoms with Gasteiger partial charge in [-0.2, -0.15) is 18.3 Å². The van der Waals surface area contributed by atoms with Crippen LogP contribution in [-0.4, -0.2) is 20.6 Å². The van der Waals surface area contributed by atoms with Gasteiger partial charge in [-0.25, -0.2) is 0 Å². The van der Waals surface area contributed by atoms with Gasteiger partial charge in [-0.1, -0.05) is 12.1 Å². The van der Waals surface area contributed by atoms with Gasteiger partial charge in [0.05, 0.1) is 16.2 Å². The first-order valence-electron chi connectivity index (χ1n) is 7.75. The van der Waals surface area contributed by atoms with Crippen molar-refractivity contribution in [3.63, 3.8) is 0 Å². The molecule has 0 unspecified atom stereocenters. The second kappa shape index (κ2) is 7.54. The van der Waals surface area contributed by atoms with E-state index in [1.165, 1.54) is 29.8 Å². The Kier molecular flexibility index (Phi) is 5.63. The molecular formula is C16H17F3N4O3. The van der Waals surface area contributed by atoms with Gasteiger partial charge in [0, 0.05) is 13.0 Å². The lowest BCUT2D eigenvalue weighted by atomic mass is 10.1. The largest absolute Gasteiger partial charge is 0.418 e. The number of hydrogen-bond donors (Lipinski definition) is 1. The third-order valence-electron chi connectivity index (χ3n) is 3.81. The molecule has 0 aliphatic heterocycles. The Morgan fingerprint density at radius 2 is 1.96 bits per heavy atom. The molecule has 2 rings (SSSR count). The van der Waals surface area contributed by atoms with Gasteiger partial charge < -0.3 is 5.32 Å². The molecule has 0 radical (unpaired) electrons. The summed E-state index contributed by atoms with van der Waals surface area (Å²) in [5.74, 6) is -0.572. The number of carbonyl (C=O) groups is 1. The van der Waals surface area contributed by atoms with Crippen LogP contribution in [0.25, 0.3) is 0 Å². The third-order valence-corrected chi connectivity index (χ3v) is 3.81. The predicted octanol–water partition coefficient (Wildman–Crippen LogP) is 3.85. The highest BCUT2D eigenvalue weighted by atomic mass is 19.4. The van der Waals surface area contributed by atoms with Gasteiger partial charge in [-0.15, -0.1) is 0 Å². The molecule has 1 aromatic carbocycles. The number of nitro groups is 1. The summed E-state index contributed by atoms with van der Waals surface area (Å²) in [4.78, 5) is 22.4. The number of anilines is 1. The number of nitrogens with zero attached hydrogens (tertiary/aromatic N) is 3. The van der Waals surface area contributed by atoms with Crippen LogP contribution in [0.1, 0.15) is 29.8 Å². The highest BCUT2D eigenvalue weighted by Crippen LogP contribution is 2.34. The highest BCUT2D eigenvalue weighted by Gasteiger charge is 2.33. The molecule has 1 amide bonds. The Labute approximate surface area is 147 Å². The number of rotatable bonds is 6. The van der Waals surface area contributed by atoms with Crippen LogP contribution in [0, 0.1) is 24.0 Å². The van der Waals surface area contributed by atoms with Crippen molar-refractivity contribution in [3.05, 3.63) is 51.3 Å². The average molecular weight is 370 g/mol. The Morgan fingerprint density at radius 3 is 2.54 bits per heavy atom. The van der Waals surface area contributed by atoms with Crippen LogP contribution in [-0.2, 0) is 17.5 Å². The van der Waals surface area contributed by atoms with Crippen LogP contribution in [0.3, 0.4) is 0 Å². The molecule has 26 heavy (non-hydrogen) atoms. The molecule has 10 heteroatoms. The molecule has 0 fully saturated rings. The highest BCUT2D eigenvalue weighted by molar-refractivity contribution is 5.91. The van der Waals surface area contributed by atoms with E-state index < -0.39 is 22.6 Å². The van der Waals surface area contributed by atoms with Crippen molar-refractivity contribution in [2.24, 2.45) is 0 Å². The topological polar surface area (TPSA) is 90.1 Å². The number of benzene rings is 1. The predicted molar refractivity (Wildman–Crippen MR) is 87.7 cm³/mol. The number of carbonyl (C=O) groups excluding carboxylic acids is 1. The van der Waals surface area contributed by atoms with E-state index >= 15 is 0 Å². The van der Waals surface area contributed by atoms with Crippen molar-refractivity contribution in [3.8, 4) is 0 Å². The molecule has 2 aromatic rings. The first-order chi connectivity index (χ1) is 12.1. The lowest BCUT2D eigenvalue weighted by Crippen LogP contribution is -2.17. The molecular weight excluding hydrogens is 353 g/mol. The molecule has 0 atom stereocenters. The van der Waals surface area contributed by atoms with Gasteiger partial charge >= 0.3 is 11.9 Å². The van der Waals surface area contributed by atoms with E-state index in [2.05, 4.69) is 10.4 Å². The quantitative estimate of drug-likeness (QED) is 0.618. The van der Waals surface area contributed by atoms with Gasteiger partial charge in [0.25, 0.3) is 0 Å². The van der Waals surface area contributed by atoms with Gasteiger partial charge in [-0.3, -0.25) is 19.6 Å². The number of hydrogen-bond acceptors (Lipinski definition) is 4. The lowest BCUT2D eigenvalue weighted by Gasteiger charge is -2.13. The minimum Gasteiger partial charge on any atom is -0.326 e. The van der Waals surface area contributed by atoms with Crippen molar-refractivity contribution in [2.75, 3.05) is 5.32 Å². The number of amides is 1. The maximum absolute atomic E-state index is 12.9. The summed E-state index contributed by atoms with van der Waals surface area (Å²) in [7, 11) is 0. The Balaban J connectivity index is 1.97. The molecule has 0 aliphatic carbocycles. The molecule has 0 saturated heterocycles. The Hall–Kier alpha value is -2.91. The number of nitrogens with one attached hydrogen (secondary N) is 1. The monoisotopic (exact) mass is 370 g/mol. The van der Waals surface area contributed by atoms with Gasteiger partial charge in [0.2, 0.25) is 5.91 Å². The van der Waals surface area contributed by atoms with Crippen molar-refractivity contribution >= 4 is 17.3 Å². The SMILES string of the molecule is Cc1nn(CCCC(=O)Nc2ccccc2C(F)(F)F)c(C)c1[N+](=O)[O-]. The normalized spacial score (nSPS) is 11.4. The molecule has 0 saturated carbocycles. The van der Waals surface area contributed by atoms with Gasteiger partial charge in [-0.05, 0) is 32.4 Å². The maximum atomic E-state index is 12.9. The lowest BCUT2D eigenvalue weighted by molar-refractivity contribution is -0.386. The third kappa shape index (κ3) is 4.38. The summed E-state index contributed by atoms with van der Waals surface area (Å²) in [5.41, 5.74) is -0.644. The average Bonchev–Trinajstić information content (AvgIpc) is 2.81. The van der Waals surface area contributed by atoms with E-state index in [1.807, 2.05) is 0 Å². The van der Waals surface area contributed by atoms with Crippen molar-refractivity contribution in [2.45, 2.75) is 39.4 Å². The minimum absolute atomic E-state index is 0.0433. The van der Waals surface area contributed by atoms with Crippen LogP contribution in [0.2, 0.25) is 0 Å². The van der Waals surface area contributed by atoms with E-state index in [0.29, 0.717) is 5.69 Å². The van der Waals surface area contributed by atoms with E-state index in [-0.39, 0.29) is 36.5 Å². The molecule has 1 N–H and O–H groups in total. The van der Waals surface area contributed by atoms with Gasteiger partial charge in [0.1, 0.15) is 11.4 Å². The number of aromatic nitrogens is 2. The van der Waals surface area contributed by atoms with E-state index in [9.17, 15) is 28.1 Å². The van der Waals surface area contributed by atoms with Crippen LogP contribution in [0.4, 0.5) is 24.5 Å². The van der Waals surface area contributed by atoms with E-state index in [1.54, 1.807) is 6.92 Å². The second-order valence-electron chi connectivity index (χ2n) is 5.69. The first-order valence-corrected chi connectivity index (χ1v) is 7.75. The molecule has 0 aliphatic rings. The van der Waals surface area contributed by atoms with E-state index in [4.69, 9.17) is 0 Å². The number of alkyl halides is 3. The smallest absolute Gasteiger partial charge is 0.326 e. The molecule has 7 nitrogen and oxygen atoms in total. The zero-order valence-corrected chi connectivity index (χ0v) is 14.1. The fourth-order valence-electron chi connectivity index (χ4n) is 2.61. The maximum Gasteiger partial charge on any atom is 0.418 e. The van der Waals surface area contributed by atoms with Crippen molar-refractivity contribution in [1.82, 2.24) is 9.78 Å². The summed E-state index contributed by atoms with van der Waals surface area (Å²) in [5, 5.41) is 17.3. The number of para-hydroxylation sites is 1. The molecule has 0 bridgehead atoms. The Morgan fingerprint density at radius 1 is 1.31 bits per heavy atom. The van der Waals surface area contributed by atoms with E-state index in [0.717, 1.165) is 6.07 Å². The number of halogens is 3. The van der Waals surface area contributed by atoms with Crippen molar-refractivity contribution < 1.29 is 22.9 Å². The van der Waals surface area contributed by atoms with Crippen LogP contribution >= 0.6 is 0 Å². The summed E-state index contributed by atoms with van der Waals surface area (Å²) >= 11 is 0.